The minimum absolute atomic E-state index is 0.264. The number of hydrogen-bond donors (Lipinski definition) is 2. The molecule has 100 valence electrons. The van der Waals surface area contributed by atoms with E-state index in [2.05, 4.69) is 5.32 Å². The van der Waals surface area contributed by atoms with Crippen LogP contribution in [0.1, 0.15) is 16.8 Å². The molecule has 1 aromatic carbocycles. The van der Waals surface area contributed by atoms with Gasteiger partial charge in [-0.05, 0) is 37.2 Å². The van der Waals surface area contributed by atoms with Crippen LogP contribution in [0.25, 0.3) is 0 Å². The van der Waals surface area contributed by atoms with Gasteiger partial charge in [-0.2, -0.15) is 0 Å². The molecular weight excluding hydrogens is 234 g/mol. The van der Waals surface area contributed by atoms with Gasteiger partial charge in [0.25, 0.3) is 0 Å². The lowest BCUT2D eigenvalue weighted by molar-refractivity contribution is 0.0697. The molecule has 2 N–H and O–H groups in total. The Morgan fingerprint density at radius 2 is 1.94 bits per heavy atom. The van der Waals surface area contributed by atoms with Crippen molar-refractivity contribution in [3.8, 4) is 5.75 Å². The van der Waals surface area contributed by atoms with Gasteiger partial charge in [0.2, 0.25) is 0 Å². The summed E-state index contributed by atoms with van der Waals surface area (Å²) in [6.45, 7) is 2.96. The Labute approximate surface area is 107 Å². The lowest BCUT2D eigenvalue weighted by atomic mass is 10.2. The smallest absolute Gasteiger partial charge is 0.335 e. The molecule has 0 aliphatic carbocycles. The third-order valence-electron chi connectivity index (χ3n) is 2.35. The Morgan fingerprint density at radius 3 is 2.56 bits per heavy atom. The Morgan fingerprint density at radius 1 is 1.22 bits per heavy atom. The van der Waals surface area contributed by atoms with E-state index in [-0.39, 0.29) is 5.56 Å². The highest BCUT2D eigenvalue weighted by molar-refractivity contribution is 5.87. The van der Waals surface area contributed by atoms with E-state index in [0.717, 1.165) is 26.1 Å². The molecular formula is C13H19NO4. The molecule has 0 bridgehead atoms. The first-order valence-corrected chi connectivity index (χ1v) is 5.90. The minimum atomic E-state index is -0.929. The molecule has 0 aliphatic rings. The number of hydrogen-bond acceptors (Lipinski definition) is 4. The van der Waals surface area contributed by atoms with Gasteiger partial charge in [0, 0.05) is 20.3 Å². The number of aromatic carboxylic acids is 1. The number of carbonyl (C=O) groups is 1. The first-order chi connectivity index (χ1) is 8.74. The lowest BCUT2D eigenvalue weighted by Crippen LogP contribution is -2.22. The second kappa shape index (κ2) is 8.49. The maximum atomic E-state index is 10.6. The molecule has 1 aromatic rings. The normalized spacial score (nSPS) is 10.3. The SMILES string of the molecule is COCCCNCCOc1ccc(C(=O)O)cc1. The molecule has 0 spiro atoms. The summed E-state index contributed by atoms with van der Waals surface area (Å²) >= 11 is 0. The number of rotatable bonds is 9. The van der Waals surface area contributed by atoms with Gasteiger partial charge in [0.05, 0.1) is 5.56 Å². The van der Waals surface area contributed by atoms with Crippen molar-refractivity contribution in [2.75, 3.05) is 33.4 Å². The fourth-order valence-corrected chi connectivity index (χ4v) is 1.40. The summed E-state index contributed by atoms with van der Waals surface area (Å²) in [5.74, 6) is -0.250. The van der Waals surface area contributed by atoms with E-state index in [0.29, 0.717) is 12.4 Å². The van der Waals surface area contributed by atoms with Gasteiger partial charge >= 0.3 is 5.97 Å². The fourth-order valence-electron chi connectivity index (χ4n) is 1.40. The number of methoxy groups -OCH3 is 1. The van der Waals surface area contributed by atoms with Gasteiger partial charge in [0.15, 0.2) is 0 Å². The predicted molar refractivity (Wildman–Crippen MR) is 68.3 cm³/mol. The second-order valence-electron chi connectivity index (χ2n) is 3.77. The molecule has 1 rings (SSSR count). The van der Waals surface area contributed by atoms with Crippen molar-refractivity contribution in [3.05, 3.63) is 29.8 Å². The molecule has 0 saturated carbocycles. The first-order valence-electron chi connectivity index (χ1n) is 5.90. The molecule has 0 aliphatic heterocycles. The van der Waals surface area contributed by atoms with E-state index in [1.165, 1.54) is 12.1 Å². The van der Waals surface area contributed by atoms with Crippen molar-refractivity contribution >= 4 is 5.97 Å². The molecule has 0 atom stereocenters. The topological polar surface area (TPSA) is 67.8 Å². The van der Waals surface area contributed by atoms with Crippen LogP contribution in [-0.4, -0.2) is 44.5 Å². The number of ether oxygens (including phenoxy) is 2. The van der Waals surface area contributed by atoms with Crippen LogP contribution >= 0.6 is 0 Å². The van der Waals surface area contributed by atoms with Crippen LogP contribution in [-0.2, 0) is 4.74 Å². The van der Waals surface area contributed by atoms with Crippen molar-refractivity contribution in [1.82, 2.24) is 5.32 Å². The van der Waals surface area contributed by atoms with Crippen LogP contribution in [0.5, 0.6) is 5.75 Å². The quantitative estimate of drug-likeness (QED) is 0.651. The molecule has 5 heteroatoms. The fraction of sp³-hybridized carbons (Fsp3) is 0.462. The maximum absolute atomic E-state index is 10.6. The van der Waals surface area contributed by atoms with E-state index in [9.17, 15) is 4.79 Å². The van der Waals surface area contributed by atoms with Crippen molar-refractivity contribution in [3.63, 3.8) is 0 Å². The average molecular weight is 253 g/mol. The van der Waals surface area contributed by atoms with E-state index in [1.54, 1.807) is 19.2 Å². The number of carboxylic acid groups (broad SMARTS) is 1. The zero-order chi connectivity index (χ0) is 13.2. The summed E-state index contributed by atoms with van der Waals surface area (Å²) in [6, 6.07) is 6.39. The molecule has 18 heavy (non-hydrogen) atoms. The number of benzene rings is 1. The Balaban J connectivity index is 2.14. The number of nitrogens with one attached hydrogen (secondary N) is 1. The van der Waals surface area contributed by atoms with Gasteiger partial charge < -0.3 is 19.9 Å². The van der Waals surface area contributed by atoms with Gasteiger partial charge in [-0.1, -0.05) is 0 Å². The van der Waals surface area contributed by atoms with Gasteiger partial charge in [-0.25, -0.2) is 4.79 Å². The third-order valence-corrected chi connectivity index (χ3v) is 2.35. The number of carboxylic acids is 1. The largest absolute Gasteiger partial charge is 0.492 e. The van der Waals surface area contributed by atoms with E-state index in [4.69, 9.17) is 14.6 Å². The Kier molecular flexibility index (Phi) is 6.83. The highest BCUT2D eigenvalue weighted by Crippen LogP contribution is 2.11. The van der Waals surface area contributed by atoms with E-state index < -0.39 is 5.97 Å². The van der Waals surface area contributed by atoms with Crippen molar-refractivity contribution in [2.45, 2.75) is 6.42 Å². The molecule has 0 heterocycles. The Bertz CT molecular complexity index is 351. The highest BCUT2D eigenvalue weighted by Gasteiger charge is 2.01. The summed E-state index contributed by atoms with van der Waals surface area (Å²) in [5, 5.41) is 12.0. The van der Waals surface area contributed by atoms with Crippen LogP contribution in [0.15, 0.2) is 24.3 Å². The average Bonchev–Trinajstić information content (AvgIpc) is 2.38. The predicted octanol–water partition coefficient (Wildman–Crippen LogP) is 1.39. The molecule has 0 fully saturated rings. The minimum Gasteiger partial charge on any atom is -0.492 e. The zero-order valence-corrected chi connectivity index (χ0v) is 10.5. The van der Waals surface area contributed by atoms with Crippen LogP contribution in [0, 0.1) is 0 Å². The van der Waals surface area contributed by atoms with Gasteiger partial charge in [0.1, 0.15) is 12.4 Å². The molecule has 0 aromatic heterocycles. The highest BCUT2D eigenvalue weighted by atomic mass is 16.5. The summed E-state index contributed by atoms with van der Waals surface area (Å²) in [7, 11) is 1.68. The third kappa shape index (κ3) is 5.65. The van der Waals surface area contributed by atoms with Crippen LogP contribution in [0.3, 0.4) is 0 Å². The summed E-state index contributed by atoms with van der Waals surface area (Å²) in [5.41, 5.74) is 0.264. The van der Waals surface area contributed by atoms with Crippen LogP contribution < -0.4 is 10.1 Å². The van der Waals surface area contributed by atoms with Crippen LogP contribution in [0.2, 0.25) is 0 Å². The van der Waals surface area contributed by atoms with Gasteiger partial charge in [-0.3, -0.25) is 0 Å². The molecule has 0 radical (unpaired) electrons. The van der Waals surface area contributed by atoms with E-state index >= 15 is 0 Å². The second-order valence-corrected chi connectivity index (χ2v) is 3.77. The van der Waals surface area contributed by atoms with E-state index in [1.807, 2.05) is 0 Å². The lowest BCUT2D eigenvalue weighted by Gasteiger charge is -2.07. The van der Waals surface area contributed by atoms with Crippen molar-refractivity contribution in [2.24, 2.45) is 0 Å². The van der Waals surface area contributed by atoms with Crippen molar-refractivity contribution < 1.29 is 19.4 Å². The molecule has 0 amide bonds. The summed E-state index contributed by atoms with van der Waals surface area (Å²) < 4.78 is 10.4. The molecule has 0 saturated heterocycles. The van der Waals surface area contributed by atoms with Gasteiger partial charge in [-0.15, -0.1) is 0 Å². The summed E-state index contributed by atoms with van der Waals surface area (Å²) in [6.07, 6.45) is 0.976. The first kappa shape index (κ1) is 14.5. The molecule has 5 nitrogen and oxygen atoms in total. The monoisotopic (exact) mass is 253 g/mol. The van der Waals surface area contributed by atoms with Crippen LogP contribution in [0.4, 0.5) is 0 Å². The zero-order valence-electron chi connectivity index (χ0n) is 10.5. The summed E-state index contributed by atoms with van der Waals surface area (Å²) in [4.78, 5) is 10.6. The van der Waals surface area contributed by atoms with Crippen molar-refractivity contribution in [1.29, 1.82) is 0 Å². The standard InChI is InChI=1S/C13H19NO4/c1-17-9-2-7-14-8-10-18-12-5-3-11(4-6-12)13(15)16/h3-6,14H,2,7-10H2,1H3,(H,15,16). The maximum Gasteiger partial charge on any atom is 0.335 e. The Hall–Kier alpha value is -1.59. The molecule has 0 unspecified atom stereocenters.